The molecule has 0 aliphatic heterocycles. The van der Waals surface area contributed by atoms with Crippen LogP contribution in [-0.2, 0) is 6.54 Å². The van der Waals surface area contributed by atoms with Gasteiger partial charge in [-0.3, -0.25) is 4.98 Å². The molecule has 0 fully saturated rings. The third-order valence-corrected chi connectivity index (χ3v) is 4.74. The van der Waals surface area contributed by atoms with Gasteiger partial charge in [0.2, 0.25) is 0 Å². The molecule has 1 aromatic carbocycles. The Morgan fingerprint density at radius 2 is 2.07 bits per heavy atom. The number of guanidine groups is 1. The van der Waals surface area contributed by atoms with E-state index in [2.05, 4.69) is 43.5 Å². The maximum atomic E-state index is 5.73. The minimum atomic E-state index is 0. The molecule has 0 unspecified atom stereocenters. The molecule has 0 saturated carbocycles. The number of hydrogen-bond donors (Lipinski definition) is 2. The molecule has 0 atom stereocenters. The fraction of sp³-hybridized carbons (Fsp3) is 0.368. The zero-order valence-electron chi connectivity index (χ0n) is 15.4. The SMILES string of the molecule is CCNC(=NCc1ccccn1)NCCSCCOc1cccc(Br)c1.I. The van der Waals surface area contributed by atoms with Gasteiger partial charge in [-0.15, -0.1) is 24.0 Å². The second-order valence-corrected chi connectivity index (χ2v) is 7.50. The maximum Gasteiger partial charge on any atom is 0.191 e. The van der Waals surface area contributed by atoms with Gasteiger partial charge in [0.25, 0.3) is 0 Å². The molecule has 0 radical (unpaired) electrons. The Kier molecular flexibility index (Phi) is 13.3. The molecule has 2 aromatic rings. The number of benzene rings is 1. The van der Waals surface area contributed by atoms with E-state index in [0.717, 1.165) is 46.5 Å². The van der Waals surface area contributed by atoms with Gasteiger partial charge >= 0.3 is 0 Å². The number of pyridine rings is 1. The molecular weight excluding hydrogens is 539 g/mol. The first kappa shape index (κ1) is 24.0. The normalized spacial score (nSPS) is 10.8. The summed E-state index contributed by atoms with van der Waals surface area (Å²) < 4.78 is 6.76. The fourth-order valence-electron chi connectivity index (χ4n) is 2.11. The summed E-state index contributed by atoms with van der Waals surface area (Å²) in [6.45, 7) is 5.03. The Balaban J connectivity index is 0.00000364. The number of nitrogens with one attached hydrogen (secondary N) is 2. The lowest BCUT2D eigenvalue weighted by Crippen LogP contribution is -2.38. The summed E-state index contributed by atoms with van der Waals surface area (Å²) in [5.74, 6) is 3.67. The lowest BCUT2D eigenvalue weighted by molar-refractivity contribution is 0.344. The minimum Gasteiger partial charge on any atom is -0.493 e. The Labute approximate surface area is 191 Å². The lowest BCUT2D eigenvalue weighted by atomic mass is 10.3. The molecule has 0 spiro atoms. The second kappa shape index (κ2) is 15.0. The first-order valence-electron chi connectivity index (χ1n) is 8.66. The summed E-state index contributed by atoms with van der Waals surface area (Å²) in [5, 5.41) is 6.60. The molecule has 2 rings (SSSR count). The van der Waals surface area contributed by atoms with Crippen LogP contribution in [0.2, 0.25) is 0 Å². The van der Waals surface area contributed by atoms with E-state index in [0.29, 0.717) is 13.2 Å². The highest BCUT2D eigenvalue weighted by Crippen LogP contribution is 2.17. The molecule has 0 saturated heterocycles. The highest BCUT2D eigenvalue weighted by atomic mass is 127. The molecule has 148 valence electrons. The van der Waals surface area contributed by atoms with E-state index in [-0.39, 0.29) is 24.0 Å². The fourth-order valence-corrected chi connectivity index (χ4v) is 3.14. The predicted molar refractivity (Wildman–Crippen MR) is 129 cm³/mol. The molecule has 0 aliphatic carbocycles. The Bertz CT molecular complexity index is 676. The van der Waals surface area contributed by atoms with Gasteiger partial charge in [-0.1, -0.05) is 28.1 Å². The Hall–Kier alpha value is -1.000. The van der Waals surface area contributed by atoms with E-state index < -0.39 is 0 Å². The van der Waals surface area contributed by atoms with Crippen LogP contribution >= 0.6 is 51.7 Å². The third-order valence-electron chi connectivity index (χ3n) is 3.30. The smallest absolute Gasteiger partial charge is 0.191 e. The highest BCUT2D eigenvalue weighted by molar-refractivity contribution is 14.0. The van der Waals surface area contributed by atoms with E-state index in [1.165, 1.54) is 0 Å². The number of nitrogens with zero attached hydrogens (tertiary/aromatic N) is 2. The summed E-state index contributed by atoms with van der Waals surface area (Å²) in [5.41, 5.74) is 0.962. The molecule has 27 heavy (non-hydrogen) atoms. The molecule has 1 aromatic heterocycles. The molecular formula is C19H26BrIN4OS. The van der Waals surface area contributed by atoms with Crippen molar-refractivity contribution in [3.8, 4) is 5.75 Å². The molecule has 0 amide bonds. The van der Waals surface area contributed by atoms with Gasteiger partial charge in [-0.2, -0.15) is 11.8 Å². The van der Waals surface area contributed by atoms with Crippen molar-refractivity contribution in [2.24, 2.45) is 4.99 Å². The van der Waals surface area contributed by atoms with Crippen LogP contribution in [0.4, 0.5) is 0 Å². The van der Waals surface area contributed by atoms with Crippen molar-refractivity contribution in [2.75, 3.05) is 31.2 Å². The van der Waals surface area contributed by atoms with Crippen molar-refractivity contribution in [3.63, 3.8) is 0 Å². The van der Waals surface area contributed by atoms with Crippen LogP contribution < -0.4 is 15.4 Å². The topological polar surface area (TPSA) is 58.5 Å². The summed E-state index contributed by atoms with van der Waals surface area (Å²) in [4.78, 5) is 8.85. The molecule has 2 N–H and O–H groups in total. The standard InChI is InChI=1S/C19H25BrN4OS.HI/c1-2-21-19(24-15-17-7-3-4-9-22-17)23-10-12-26-13-11-25-18-8-5-6-16(20)14-18;/h3-9,14H,2,10-13,15H2,1H3,(H2,21,23,24);1H. The average Bonchev–Trinajstić information content (AvgIpc) is 2.66. The number of halogens is 2. The summed E-state index contributed by atoms with van der Waals surface area (Å²) in [6, 6.07) is 13.8. The number of aliphatic imine (C=N–C) groups is 1. The second-order valence-electron chi connectivity index (χ2n) is 5.36. The number of ether oxygens (including phenoxy) is 1. The molecule has 0 bridgehead atoms. The number of aromatic nitrogens is 1. The minimum absolute atomic E-state index is 0. The van der Waals surface area contributed by atoms with Crippen molar-refractivity contribution >= 4 is 57.6 Å². The monoisotopic (exact) mass is 564 g/mol. The molecule has 5 nitrogen and oxygen atoms in total. The largest absolute Gasteiger partial charge is 0.493 e. The van der Waals surface area contributed by atoms with E-state index in [4.69, 9.17) is 4.74 Å². The highest BCUT2D eigenvalue weighted by Gasteiger charge is 1.99. The summed E-state index contributed by atoms with van der Waals surface area (Å²) >= 11 is 5.30. The zero-order chi connectivity index (χ0) is 18.5. The zero-order valence-corrected chi connectivity index (χ0v) is 20.1. The number of rotatable bonds is 10. The van der Waals surface area contributed by atoms with Crippen LogP contribution in [0.3, 0.4) is 0 Å². The van der Waals surface area contributed by atoms with Gasteiger partial charge in [0, 0.05) is 35.3 Å². The third kappa shape index (κ3) is 10.8. The maximum absolute atomic E-state index is 5.73. The first-order chi connectivity index (χ1) is 12.8. The molecule has 0 aliphatic rings. The van der Waals surface area contributed by atoms with E-state index >= 15 is 0 Å². The van der Waals surface area contributed by atoms with Crippen LogP contribution in [0.25, 0.3) is 0 Å². The van der Waals surface area contributed by atoms with Crippen LogP contribution in [0, 0.1) is 0 Å². The van der Waals surface area contributed by atoms with Gasteiger partial charge in [-0.05, 0) is 37.3 Å². The van der Waals surface area contributed by atoms with Crippen molar-refractivity contribution in [3.05, 3.63) is 58.8 Å². The van der Waals surface area contributed by atoms with Gasteiger partial charge in [-0.25, -0.2) is 4.99 Å². The van der Waals surface area contributed by atoms with Crippen LogP contribution in [0.5, 0.6) is 5.75 Å². The van der Waals surface area contributed by atoms with Gasteiger partial charge < -0.3 is 15.4 Å². The van der Waals surface area contributed by atoms with Gasteiger partial charge in [0.05, 0.1) is 18.8 Å². The summed E-state index contributed by atoms with van der Waals surface area (Å²) in [7, 11) is 0. The Morgan fingerprint density at radius 1 is 1.19 bits per heavy atom. The van der Waals surface area contributed by atoms with Crippen LogP contribution in [-0.4, -0.2) is 42.1 Å². The van der Waals surface area contributed by atoms with E-state index in [1.54, 1.807) is 6.20 Å². The van der Waals surface area contributed by atoms with Crippen LogP contribution in [0.15, 0.2) is 58.1 Å². The lowest BCUT2D eigenvalue weighted by Gasteiger charge is -2.11. The van der Waals surface area contributed by atoms with Crippen molar-refractivity contribution in [2.45, 2.75) is 13.5 Å². The predicted octanol–water partition coefficient (Wildman–Crippen LogP) is 4.33. The van der Waals surface area contributed by atoms with Gasteiger partial charge in [0.15, 0.2) is 5.96 Å². The van der Waals surface area contributed by atoms with Crippen LogP contribution in [0.1, 0.15) is 12.6 Å². The summed E-state index contributed by atoms with van der Waals surface area (Å²) in [6.07, 6.45) is 1.79. The van der Waals surface area contributed by atoms with E-state index in [1.807, 2.05) is 54.2 Å². The first-order valence-corrected chi connectivity index (χ1v) is 10.6. The number of hydrogen-bond acceptors (Lipinski definition) is 4. The number of thioether (sulfide) groups is 1. The van der Waals surface area contributed by atoms with Crippen molar-refractivity contribution < 1.29 is 4.74 Å². The van der Waals surface area contributed by atoms with Crippen molar-refractivity contribution in [1.29, 1.82) is 0 Å². The Morgan fingerprint density at radius 3 is 2.81 bits per heavy atom. The molecule has 8 heteroatoms. The molecule has 1 heterocycles. The van der Waals surface area contributed by atoms with Gasteiger partial charge in [0.1, 0.15) is 5.75 Å². The quantitative estimate of drug-likeness (QED) is 0.195. The average molecular weight is 565 g/mol. The van der Waals surface area contributed by atoms with E-state index in [9.17, 15) is 0 Å². The van der Waals surface area contributed by atoms with Crippen molar-refractivity contribution in [1.82, 2.24) is 15.6 Å².